The van der Waals surface area contributed by atoms with Crippen LogP contribution in [0.5, 0.6) is 17.2 Å². The Morgan fingerprint density at radius 2 is 1.67 bits per heavy atom. The normalized spacial score (nSPS) is 10.5. The highest BCUT2D eigenvalue weighted by molar-refractivity contribution is 5.52. The third kappa shape index (κ3) is 2.74. The van der Waals surface area contributed by atoms with Crippen LogP contribution in [0, 0.1) is 0 Å². The third-order valence-electron chi connectivity index (χ3n) is 1.95. The Kier molecular flexibility index (Phi) is 3.76. The number of hydrogen-bond acceptors (Lipinski definition) is 5. The summed E-state index contributed by atoms with van der Waals surface area (Å²) in [6, 6.07) is 3.29. The predicted molar refractivity (Wildman–Crippen MR) is 54.5 cm³/mol. The number of rotatable bonds is 4. The van der Waals surface area contributed by atoms with Crippen LogP contribution in [0.3, 0.4) is 0 Å². The monoisotopic (exact) mass is 213 g/mol. The highest BCUT2D eigenvalue weighted by Crippen LogP contribution is 2.37. The summed E-state index contributed by atoms with van der Waals surface area (Å²) in [6.07, 6.45) is 0. The largest absolute Gasteiger partial charge is 0.502 e. The summed E-state index contributed by atoms with van der Waals surface area (Å²) in [5.74, 6) is 0.613. The molecule has 0 aromatic heterocycles. The van der Waals surface area contributed by atoms with Crippen molar-refractivity contribution in [2.24, 2.45) is 0 Å². The lowest BCUT2D eigenvalue weighted by atomic mass is 10.2. The molecule has 0 aliphatic heterocycles. The number of phenols is 1. The third-order valence-corrected chi connectivity index (χ3v) is 1.95. The molecular formula is C10H15NO4. The summed E-state index contributed by atoms with van der Waals surface area (Å²) in [5, 5.41) is 19.7. The number of nitrogens with zero attached hydrogens (tertiary/aromatic N) is 1. The summed E-state index contributed by atoms with van der Waals surface area (Å²) < 4.78 is 9.96. The highest BCUT2D eigenvalue weighted by atomic mass is 16.5. The second-order valence-electron chi connectivity index (χ2n) is 3.16. The van der Waals surface area contributed by atoms with Gasteiger partial charge in [0.15, 0.2) is 11.5 Å². The van der Waals surface area contributed by atoms with Crippen molar-refractivity contribution < 1.29 is 19.8 Å². The van der Waals surface area contributed by atoms with E-state index in [0.29, 0.717) is 18.0 Å². The second-order valence-corrected chi connectivity index (χ2v) is 3.16. The molecule has 0 heterocycles. The second kappa shape index (κ2) is 4.86. The van der Waals surface area contributed by atoms with Crippen molar-refractivity contribution in [2.75, 3.05) is 21.3 Å². The molecule has 0 unspecified atom stereocenters. The molecule has 5 nitrogen and oxygen atoms in total. The van der Waals surface area contributed by atoms with Crippen LogP contribution in [0.4, 0.5) is 0 Å². The first-order valence-corrected chi connectivity index (χ1v) is 4.42. The van der Waals surface area contributed by atoms with E-state index >= 15 is 0 Å². The minimum Gasteiger partial charge on any atom is -0.502 e. The van der Waals surface area contributed by atoms with Crippen LogP contribution in [-0.4, -0.2) is 36.6 Å². The minimum atomic E-state index is -0.0376. The van der Waals surface area contributed by atoms with Gasteiger partial charge in [0, 0.05) is 13.6 Å². The number of ether oxygens (including phenoxy) is 2. The molecule has 84 valence electrons. The Balaban J connectivity index is 3.09. The molecule has 0 saturated heterocycles. The lowest BCUT2D eigenvalue weighted by Crippen LogP contribution is -2.11. The smallest absolute Gasteiger partial charge is 0.200 e. The van der Waals surface area contributed by atoms with Gasteiger partial charge in [-0.15, -0.1) is 0 Å². The fraction of sp³-hybridized carbons (Fsp3) is 0.400. The van der Waals surface area contributed by atoms with Gasteiger partial charge in [0.25, 0.3) is 0 Å². The van der Waals surface area contributed by atoms with Crippen LogP contribution >= 0.6 is 0 Å². The van der Waals surface area contributed by atoms with E-state index in [1.807, 2.05) is 0 Å². The Morgan fingerprint density at radius 3 is 2.00 bits per heavy atom. The molecule has 5 heteroatoms. The van der Waals surface area contributed by atoms with Gasteiger partial charge in [0.2, 0.25) is 5.75 Å². The van der Waals surface area contributed by atoms with Crippen LogP contribution in [0.25, 0.3) is 0 Å². The molecule has 0 aliphatic carbocycles. The molecular weight excluding hydrogens is 198 g/mol. The molecule has 0 aliphatic rings. The van der Waals surface area contributed by atoms with Gasteiger partial charge < -0.3 is 19.8 Å². The summed E-state index contributed by atoms with van der Waals surface area (Å²) in [4.78, 5) is 0. The molecule has 0 fully saturated rings. The van der Waals surface area contributed by atoms with E-state index in [9.17, 15) is 5.11 Å². The van der Waals surface area contributed by atoms with Gasteiger partial charge in [-0.25, -0.2) is 0 Å². The van der Waals surface area contributed by atoms with E-state index in [0.717, 1.165) is 10.6 Å². The zero-order valence-electron chi connectivity index (χ0n) is 9.02. The van der Waals surface area contributed by atoms with Crippen LogP contribution < -0.4 is 9.47 Å². The Hall–Kier alpha value is -1.46. The first-order chi connectivity index (χ1) is 7.08. The first-order valence-electron chi connectivity index (χ1n) is 4.42. The van der Waals surface area contributed by atoms with E-state index in [-0.39, 0.29) is 5.75 Å². The maximum Gasteiger partial charge on any atom is 0.200 e. The van der Waals surface area contributed by atoms with Gasteiger partial charge >= 0.3 is 0 Å². The highest BCUT2D eigenvalue weighted by Gasteiger charge is 2.11. The van der Waals surface area contributed by atoms with Gasteiger partial charge in [0.1, 0.15) is 0 Å². The van der Waals surface area contributed by atoms with Crippen LogP contribution in [-0.2, 0) is 6.54 Å². The zero-order chi connectivity index (χ0) is 11.4. The fourth-order valence-corrected chi connectivity index (χ4v) is 1.30. The molecule has 0 radical (unpaired) electrons. The Morgan fingerprint density at radius 1 is 1.20 bits per heavy atom. The molecule has 0 saturated carbocycles. The van der Waals surface area contributed by atoms with Gasteiger partial charge in [-0.3, -0.25) is 0 Å². The van der Waals surface area contributed by atoms with Crippen molar-refractivity contribution in [3.05, 3.63) is 17.7 Å². The van der Waals surface area contributed by atoms with Crippen molar-refractivity contribution in [1.29, 1.82) is 0 Å². The van der Waals surface area contributed by atoms with E-state index in [1.165, 1.54) is 21.3 Å². The minimum absolute atomic E-state index is 0.0376. The van der Waals surface area contributed by atoms with Gasteiger partial charge in [-0.1, -0.05) is 0 Å². The summed E-state index contributed by atoms with van der Waals surface area (Å²) in [7, 11) is 4.45. The quantitative estimate of drug-likeness (QED) is 0.736. The molecule has 0 amide bonds. The number of methoxy groups -OCH3 is 2. The average Bonchev–Trinajstić information content (AvgIpc) is 2.19. The molecule has 0 spiro atoms. The molecule has 0 bridgehead atoms. The van der Waals surface area contributed by atoms with E-state index in [2.05, 4.69) is 0 Å². The zero-order valence-corrected chi connectivity index (χ0v) is 9.02. The number of benzene rings is 1. The van der Waals surface area contributed by atoms with Gasteiger partial charge in [-0.05, 0) is 17.7 Å². The lowest BCUT2D eigenvalue weighted by Gasteiger charge is -2.13. The van der Waals surface area contributed by atoms with Crippen molar-refractivity contribution in [3.8, 4) is 17.2 Å². The summed E-state index contributed by atoms with van der Waals surface area (Å²) in [6.45, 7) is 0.326. The summed E-state index contributed by atoms with van der Waals surface area (Å²) in [5.41, 5.74) is 0.784. The molecule has 0 atom stereocenters. The van der Waals surface area contributed by atoms with E-state index in [4.69, 9.17) is 14.7 Å². The number of hydroxylamine groups is 2. The Labute approximate surface area is 88.4 Å². The van der Waals surface area contributed by atoms with E-state index < -0.39 is 0 Å². The topological polar surface area (TPSA) is 62.2 Å². The van der Waals surface area contributed by atoms with Gasteiger partial charge in [0.05, 0.1) is 14.2 Å². The van der Waals surface area contributed by atoms with Crippen molar-refractivity contribution in [1.82, 2.24) is 5.06 Å². The molecule has 1 aromatic rings. The van der Waals surface area contributed by atoms with Crippen molar-refractivity contribution in [3.63, 3.8) is 0 Å². The van der Waals surface area contributed by atoms with Crippen molar-refractivity contribution >= 4 is 0 Å². The first kappa shape index (κ1) is 11.6. The Bertz CT molecular complexity index is 313. The maximum absolute atomic E-state index is 9.62. The SMILES string of the molecule is COc1cc(CN(C)O)cc(OC)c1O. The number of aromatic hydroxyl groups is 1. The maximum atomic E-state index is 9.62. The van der Waals surface area contributed by atoms with E-state index in [1.54, 1.807) is 12.1 Å². The summed E-state index contributed by atoms with van der Waals surface area (Å²) >= 11 is 0. The van der Waals surface area contributed by atoms with Crippen LogP contribution in [0.1, 0.15) is 5.56 Å². The molecule has 15 heavy (non-hydrogen) atoms. The standard InChI is InChI=1S/C10H15NO4/c1-11(13)6-7-4-8(14-2)10(12)9(5-7)15-3/h4-5,12-13H,6H2,1-3H3. The number of phenolic OH excluding ortho intramolecular Hbond substituents is 1. The molecule has 1 rings (SSSR count). The van der Waals surface area contributed by atoms with Crippen LogP contribution in [0.15, 0.2) is 12.1 Å². The average molecular weight is 213 g/mol. The molecule has 2 N–H and O–H groups in total. The number of hydrogen-bond donors (Lipinski definition) is 2. The predicted octanol–water partition coefficient (Wildman–Crippen LogP) is 1.23. The fourth-order valence-electron chi connectivity index (χ4n) is 1.30. The molecule has 1 aromatic carbocycles. The van der Waals surface area contributed by atoms with Crippen LogP contribution in [0.2, 0.25) is 0 Å². The lowest BCUT2D eigenvalue weighted by molar-refractivity contribution is -0.0732. The van der Waals surface area contributed by atoms with Crippen molar-refractivity contribution in [2.45, 2.75) is 6.54 Å². The van der Waals surface area contributed by atoms with Gasteiger partial charge in [-0.2, -0.15) is 5.06 Å².